The third-order valence-electron chi connectivity index (χ3n) is 3.66. The van der Waals surface area contributed by atoms with Gasteiger partial charge in [0.25, 0.3) is 5.69 Å². The first-order valence-corrected chi connectivity index (χ1v) is 6.51. The van der Waals surface area contributed by atoms with Crippen LogP contribution in [-0.4, -0.2) is 11.5 Å². The highest BCUT2D eigenvalue weighted by molar-refractivity contribution is 5.64. The summed E-state index contributed by atoms with van der Waals surface area (Å²) < 4.78 is 0. The molecule has 2 aromatic carbocycles. The average molecular weight is 269 g/mol. The summed E-state index contributed by atoms with van der Waals surface area (Å²) in [6.07, 6.45) is 0.854. The lowest BCUT2D eigenvalue weighted by atomic mass is 9.98. The van der Waals surface area contributed by atoms with Crippen LogP contribution < -0.4 is 10.6 Å². The molecule has 0 fully saturated rings. The van der Waals surface area contributed by atoms with E-state index in [0.717, 1.165) is 18.7 Å². The van der Waals surface area contributed by atoms with E-state index >= 15 is 0 Å². The van der Waals surface area contributed by atoms with E-state index < -0.39 is 0 Å². The number of nitro benzene ring substituents is 1. The zero-order valence-corrected chi connectivity index (χ0v) is 11.0. The van der Waals surface area contributed by atoms with Gasteiger partial charge in [-0.05, 0) is 35.7 Å². The second-order valence-electron chi connectivity index (χ2n) is 4.95. The van der Waals surface area contributed by atoms with Crippen LogP contribution in [0.5, 0.6) is 0 Å². The van der Waals surface area contributed by atoms with Crippen molar-refractivity contribution in [3.8, 4) is 0 Å². The van der Waals surface area contributed by atoms with Crippen molar-refractivity contribution in [2.24, 2.45) is 0 Å². The minimum Gasteiger partial charge on any atom is -0.399 e. The quantitative estimate of drug-likeness (QED) is 0.517. The van der Waals surface area contributed by atoms with E-state index in [2.05, 4.69) is 4.90 Å². The van der Waals surface area contributed by atoms with Crippen LogP contribution in [0.2, 0.25) is 0 Å². The molecule has 0 atom stereocenters. The van der Waals surface area contributed by atoms with Crippen LogP contribution in [-0.2, 0) is 13.0 Å². The molecule has 1 aliphatic rings. The van der Waals surface area contributed by atoms with E-state index in [0.29, 0.717) is 12.2 Å². The second kappa shape index (κ2) is 4.85. The number of nitrogens with two attached hydrogens (primary N) is 1. The Kier molecular flexibility index (Phi) is 3.02. The zero-order valence-electron chi connectivity index (χ0n) is 11.0. The van der Waals surface area contributed by atoms with Crippen molar-refractivity contribution in [1.82, 2.24) is 0 Å². The fourth-order valence-electron chi connectivity index (χ4n) is 2.66. The highest BCUT2D eigenvalue weighted by Gasteiger charge is 2.22. The molecule has 5 nitrogen and oxygen atoms in total. The standard InChI is InChI=1S/C15H15N3O2/c16-13-6-5-12-10-17(8-7-11(12)9-13)14-3-1-2-4-15(14)18(19)20/h1-6,9H,7-8,10,16H2. The summed E-state index contributed by atoms with van der Waals surface area (Å²) in [4.78, 5) is 12.8. The van der Waals surface area contributed by atoms with Gasteiger partial charge in [-0.25, -0.2) is 0 Å². The number of nitrogens with zero attached hydrogens (tertiary/aromatic N) is 2. The number of anilines is 2. The molecule has 5 heteroatoms. The number of hydrogen-bond acceptors (Lipinski definition) is 4. The molecule has 2 N–H and O–H groups in total. The Morgan fingerprint density at radius 2 is 1.95 bits per heavy atom. The van der Waals surface area contributed by atoms with Crippen molar-refractivity contribution >= 4 is 17.1 Å². The topological polar surface area (TPSA) is 72.4 Å². The number of para-hydroxylation sites is 2. The minimum absolute atomic E-state index is 0.159. The average Bonchev–Trinajstić information content (AvgIpc) is 2.46. The number of nitrogen functional groups attached to an aromatic ring is 1. The van der Waals surface area contributed by atoms with Crippen molar-refractivity contribution in [2.45, 2.75) is 13.0 Å². The molecule has 1 aliphatic heterocycles. The Morgan fingerprint density at radius 1 is 1.15 bits per heavy atom. The van der Waals surface area contributed by atoms with Crippen LogP contribution >= 0.6 is 0 Å². The van der Waals surface area contributed by atoms with Crippen LogP contribution in [0.4, 0.5) is 17.1 Å². The lowest BCUT2D eigenvalue weighted by Crippen LogP contribution is -2.30. The van der Waals surface area contributed by atoms with Crippen LogP contribution in [0, 0.1) is 10.1 Å². The second-order valence-corrected chi connectivity index (χ2v) is 4.95. The fraction of sp³-hybridized carbons (Fsp3) is 0.200. The van der Waals surface area contributed by atoms with E-state index in [1.54, 1.807) is 18.2 Å². The van der Waals surface area contributed by atoms with Gasteiger partial charge >= 0.3 is 0 Å². The number of hydrogen-bond donors (Lipinski definition) is 1. The molecule has 0 aromatic heterocycles. The Balaban J connectivity index is 1.95. The maximum Gasteiger partial charge on any atom is 0.292 e. The van der Waals surface area contributed by atoms with Gasteiger partial charge in [0.05, 0.1) is 4.92 Å². The van der Waals surface area contributed by atoms with E-state index in [-0.39, 0.29) is 10.6 Å². The van der Waals surface area contributed by atoms with Gasteiger partial charge in [0.2, 0.25) is 0 Å². The van der Waals surface area contributed by atoms with Crippen LogP contribution in [0.3, 0.4) is 0 Å². The van der Waals surface area contributed by atoms with Gasteiger partial charge in [0.15, 0.2) is 0 Å². The predicted octanol–water partition coefficient (Wildman–Crippen LogP) is 2.74. The molecule has 0 unspecified atom stereocenters. The van der Waals surface area contributed by atoms with Crippen molar-refractivity contribution < 1.29 is 4.92 Å². The first-order chi connectivity index (χ1) is 9.65. The van der Waals surface area contributed by atoms with Crippen molar-refractivity contribution in [2.75, 3.05) is 17.2 Å². The molecule has 0 saturated carbocycles. The fourth-order valence-corrected chi connectivity index (χ4v) is 2.66. The highest BCUT2D eigenvalue weighted by atomic mass is 16.6. The van der Waals surface area contributed by atoms with Gasteiger partial charge in [-0.15, -0.1) is 0 Å². The summed E-state index contributed by atoms with van der Waals surface area (Å²) in [7, 11) is 0. The summed E-state index contributed by atoms with van der Waals surface area (Å²) in [5.41, 5.74) is 9.81. The van der Waals surface area contributed by atoms with Crippen LogP contribution in [0.25, 0.3) is 0 Å². The summed E-state index contributed by atoms with van der Waals surface area (Å²) in [6, 6.07) is 12.8. The third-order valence-corrected chi connectivity index (χ3v) is 3.66. The van der Waals surface area contributed by atoms with E-state index in [9.17, 15) is 10.1 Å². The maximum absolute atomic E-state index is 11.1. The molecule has 0 aliphatic carbocycles. The first-order valence-electron chi connectivity index (χ1n) is 6.51. The van der Waals surface area contributed by atoms with Gasteiger partial charge in [0, 0.05) is 24.8 Å². The largest absolute Gasteiger partial charge is 0.399 e. The van der Waals surface area contributed by atoms with Gasteiger partial charge in [-0.1, -0.05) is 18.2 Å². The first kappa shape index (κ1) is 12.5. The lowest BCUT2D eigenvalue weighted by molar-refractivity contribution is -0.384. The van der Waals surface area contributed by atoms with Gasteiger partial charge in [-0.3, -0.25) is 10.1 Å². The van der Waals surface area contributed by atoms with E-state index in [4.69, 9.17) is 5.73 Å². The number of nitro groups is 1. The van der Waals surface area contributed by atoms with Gasteiger partial charge < -0.3 is 10.6 Å². The van der Waals surface area contributed by atoms with Gasteiger partial charge in [0.1, 0.15) is 5.69 Å². The minimum atomic E-state index is -0.326. The molecule has 0 radical (unpaired) electrons. The van der Waals surface area contributed by atoms with Crippen molar-refractivity contribution in [3.63, 3.8) is 0 Å². The summed E-state index contributed by atoms with van der Waals surface area (Å²) in [5.74, 6) is 0. The van der Waals surface area contributed by atoms with Crippen molar-refractivity contribution in [1.29, 1.82) is 0 Å². The highest BCUT2D eigenvalue weighted by Crippen LogP contribution is 2.32. The Labute approximate surface area is 116 Å². The van der Waals surface area contributed by atoms with Gasteiger partial charge in [-0.2, -0.15) is 0 Å². The zero-order chi connectivity index (χ0) is 14.1. The molecule has 3 rings (SSSR count). The van der Waals surface area contributed by atoms with E-state index in [1.807, 2.05) is 24.3 Å². The third kappa shape index (κ3) is 2.18. The molecule has 0 amide bonds. The molecule has 1 heterocycles. The molecule has 0 bridgehead atoms. The molecule has 0 saturated heterocycles. The SMILES string of the molecule is Nc1ccc2c(c1)CCN(c1ccccc1[N+](=O)[O-])C2. The monoisotopic (exact) mass is 269 g/mol. The number of rotatable bonds is 2. The Morgan fingerprint density at radius 3 is 2.75 bits per heavy atom. The normalized spacial score (nSPS) is 13.9. The summed E-state index contributed by atoms with van der Waals surface area (Å²) in [5, 5.41) is 11.1. The predicted molar refractivity (Wildman–Crippen MR) is 78.7 cm³/mol. The Bertz CT molecular complexity index is 670. The van der Waals surface area contributed by atoms with Crippen LogP contribution in [0.1, 0.15) is 11.1 Å². The maximum atomic E-state index is 11.1. The Hall–Kier alpha value is -2.56. The summed E-state index contributed by atoms with van der Waals surface area (Å²) in [6.45, 7) is 1.45. The summed E-state index contributed by atoms with van der Waals surface area (Å²) >= 11 is 0. The smallest absolute Gasteiger partial charge is 0.292 e. The van der Waals surface area contributed by atoms with E-state index in [1.165, 1.54) is 11.1 Å². The molecular formula is C15H15N3O2. The molecule has 20 heavy (non-hydrogen) atoms. The van der Waals surface area contributed by atoms with Crippen LogP contribution in [0.15, 0.2) is 42.5 Å². The molecule has 2 aromatic rings. The van der Waals surface area contributed by atoms with Crippen molar-refractivity contribution in [3.05, 3.63) is 63.7 Å². The molecule has 0 spiro atoms. The molecular weight excluding hydrogens is 254 g/mol. The number of fused-ring (bicyclic) bond motifs is 1. The molecule has 102 valence electrons. The lowest BCUT2D eigenvalue weighted by Gasteiger charge is -2.30. The number of benzene rings is 2.